The molecule has 0 saturated heterocycles. The highest BCUT2D eigenvalue weighted by Gasteiger charge is 2.47. The lowest BCUT2D eigenvalue weighted by molar-refractivity contribution is 0.296. The number of aryl methyl sites for hydroxylation is 4. The number of hydrogen-bond acceptors (Lipinski definition) is 7. The lowest BCUT2D eigenvalue weighted by Gasteiger charge is -2.45. The van der Waals surface area contributed by atoms with Gasteiger partial charge in [-0.25, -0.2) is 0 Å². The molecule has 8 heteroatoms. The zero-order valence-corrected chi connectivity index (χ0v) is 37.3. The minimum absolute atomic E-state index is 0.0175. The normalized spacial score (nSPS) is 15.7. The second kappa shape index (κ2) is 13.5. The van der Waals surface area contributed by atoms with Crippen LogP contribution in [0.2, 0.25) is 0 Å². The smallest absolute Gasteiger partial charge is 0.264 e. The van der Waals surface area contributed by atoms with Crippen LogP contribution in [0, 0.1) is 34.6 Å². The Kier molecular flexibility index (Phi) is 8.71. The summed E-state index contributed by atoms with van der Waals surface area (Å²) in [7, 11) is 0. The Morgan fingerprint density at radius 3 is 1.81 bits per heavy atom. The molecule has 10 rings (SSSR count). The van der Waals surface area contributed by atoms with Gasteiger partial charge in [-0.3, -0.25) is 0 Å². The minimum atomic E-state index is -0.0405. The van der Waals surface area contributed by atoms with E-state index in [2.05, 4.69) is 147 Å². The van der Waals surface area contributed by atoms with Crippen molar-refractivity contribution in [2.24, 2.45) is 0 Å². The summed E-state index contributed by atoms with van der Waals surface area (Å²) in [5.74, 6) is 3.32. The Balaban J connectivity index is 1.34. The van der Waals surface area contributed by atoms with E-state index >= 15 is 0 Å². The van der Waals surface area contributed by atoms with Crippen LogP contribution in [-0.4, -0.2) is 33.1 Å². The zero-order chi connectivity index (χ0) is 41.3. The second-order valence-corrected chi connectivity index (χ2v) is 20.3. The lowest BCUT2D eigenvalue weighted by atomic mass is 9.36. The molecule has 0 amide bonds. The van der Waals surface area contributed by atoms with Gasteiger partial charge in [0.1, 0.15) is 0 Å². The summed E-state index contributed by atoms with van der Waals surface area (Å²) in [6.45, 7) is 27.6. The van der Waals surface area contributed by atoms with Crippen LogP contribution in [0.4, 0.5) is 34.1 Å². The predicted molar refractivity (Wildman–Crippen MR) is 248 cm³/mol. The fourth-order valence-corrected chi connectivity index (χ4v) is 11.2. The third-order valence-electron chi connectivity index (χ3n) is 12.8. The standard InChI is InChI=1S/C51H55BN2O4S/c1-28-20-38-44-39(21-28)54(46-31(4)24-42-48(32(46)5)58-19-13-18-57-42)47-35-25-33(50(6,7)8)14-15-43(35)59-49(47)52(44)36-26-40-41(56-17-12-16-55-40)27-37(36)53(38)45-29(2)22-34(23-30(45)3)51(9,10)11/h14-15,20-27H,12-13,16-19H2,1-11H3. The van der Waals surface area contributed by atoms with Crippen molar-refractivity contribution in [2.75, 3.05) is 36.2 Å². The molecule has 0 fully saturated rings. The highest BCUT2D eigenvalue weighted by atomic mass is 32.1. The molecule has 4 aliphatic rings. The summed E-state index contributed by atoms with van der Waals surface area (Å²) < 4.78 is 28.5. The number of benzene rings is 5. The van der Waals surface area contributed by atoms with Gasteiger partial charge in [-0.05, 0) is 126 Å². The van der Waals surface area contributed by atoms with Crippen molar-refractivity contribution in [3.05, 3.63) is 99.6 Å². The average Bonchev–Trinajstić information content (AvgIpc) is 3.28. The van der Waals surface area contributed by atoms with E-state index in [1.54, 1.807) is 0 Å². The summed E-state index contributed by atoms with van der Waals surface area (Å²) in [5.41, 5.74) is 18.3. The number of rotatable bonds is 2. The van der Waals surface area contributed by atoms with Crippen LogP contribution in [0.5, 0.6) is 23.0 Å². The van der Waals surface area contributed by atoms with E-state index < -0.39 is 0 Å². The number of ether oxygens (including phenoxy) is 4. The highest BCUT2D eigenvalue weighted by Crippen LogP contribution is 2.53. The van der Waals surface area contributed by atoms with Crippen LogP contribution in [0.1, 0.15) is 93.3 Å². The van der Waals surface area contributed by atoms with E-state index in [9.17, 15) is 0 Å². The van der Waals surface area contributed by atoms with E-state index in [0.29, 0.717) is 26.4 Å². The van der Waals surface area contributed by atoms with Crippen molar-refractivity contribution >= 4 is 78.0 Å². The molecule has 0 unspecified atom stereocenters. The zero-order valence-electron chi connectivity index (χ0n) is 36.5. The average molecular weight is 803 g/mol. The molecular weight excluding hydrogens is 747 g/mol. The molecule has 5 aromatic carbocycles. The molecule has 302 valence electrons. The summed E-state index contributed by atoms with van der Waals surface area (Å²) in [5, 5.41) is 1.28. The van der Waals surface area contributed by atoms with Crippen molar-refractivity contribution in [2.45, 2.75) is 99.8 Å². The summed E-state index contributed by atoms with van der Waals surface area (Å²) in [6.07, 6.45) is 1.71. The van der Waals surface area contributed by atoms with Crippen molar-refractivity contribution in [1.29, 1.82) is 0 Å². The molecule has 5 heterocycles. The number of fused-ring (bicyclic) bond motifs is 8. The Morgan fingerprint density at radius 1 is 0.559 bits per heavy atom. The number of nitrogens with zero attached hydrogens (tertiary/aromatic N) is 2. The van der Waals surface area contributed by atoms with Gasteiger partial charge in [0, 0.05) is 56.4 Å². The molecule has 0 radical (unpaired) electrons. The Hall–Kier alpha value is -5.08. The van der Waals surface area contributed by atoms with Gasteiger partial charge < -0.3 is 28.7 Å². The second-order valence-electron chi connectivity index (χ2n) is 19.3. The third-order valence-corrected chi connectivity index (χ3v) is 14.0. The largest absolute Gasteiger partial charge is 0.490 e. The van der Waals surface area contributed by atoms with Crippen LogP contribution in [0.3, 0.4) is 0 Å². The summed E-state index contributed by atoms with van der Waals surface area (Å²) in [4.78, 5) is 5.14. The summed E-state index contributed by atoms with van der Waals surface area (Å²) >= 11 is 1.93. The van der Waals surface area contributed by atoms with Gasteiger partial charge >= 0.3 is 0 Å². The predicted octanol–water partition coefficient (Wildman–Crippen LogP) is 11.4. The van der Waals surface area contributed by atoms with Crippen molar-refractivity contribution in [3.63, 3.8) is 0 Å². The molecule has 6 nitrogen and oxygen atoms in total. The molecule has 4 aliphatic heterocycles. The fraction of sp³-hybridized carbons (Fsp3) is 0.373. The molecule has 1 aromatic heterocycles. The maximum atomic E-state index is 6.54. The Morgan fingerprint density at radius 2 is 1.15 bits per heavy atom. The van der Waals surface area contributed by atoms with Crippen LogP contribution < -0.4 is 44.4 Å². The number of anilines is 6. The van der Waals surface area contributed by atoms with Crippen LogP contribution >= 0.6 is 11.3 Å². The first kappa shape index (κ1) is 38.1. The monoisotopic (exact) mass is 802 g/mol. The fourth-order valence-electron chi connectivity index (χ4n) is 9.92. The van der Waals surface area contributed by atoms with Crippen molar-refractivity contribution in [3.8, 4) is 23.0 Å². The van der Waals surface area contributed by atoms with Gasteiger partial charge in [0.2, 0.25) is 0 Å². The third kappa shape index (κ3) is 5.95. The van der Waals surface area contributed by atoms with E-state index in [1.807, 2.05) is 11.3 Å². The molecule has 0 N–H and O–H groups in total. The minimum Gasteiger partial charge on any atom is -0.490 e. The van der Waals surface area contributed by atoms with Crippen LogP contribution in [-0.2, 0) is 10.8 Å². The van der Waals surface area contributed by atoms with Gasteiger partial charge in [0.25, 0.3) is 6.71 Å². The molecule has 0 bridgehead atoms. The van der Waals surface area contributed by atoms with Gasteiger partial charge in [-0.15, -0.1) is 11.3 Å². The first-order chi connectivity index (χ1) is 28.1. The molecule has 59 heavy (non-hydrogen) atoms. The lowest BCUT2D eigenvalue weighted by Crippen LogP contribution is -2.60. The van der Waals surface area contributed by atoms with Gasteiger partial charge in [-0.2, -0.15) is 0 Å². The Bertz CT molecular complexity index is 2710. The maximum Gasteiger partial charge on any atom is 0.264 e. The summed E-state index contributed by atoms with van der Waals surface area (Å²) in [6, 6.07) is 23.5. The van der Waals surface area contributed by atoms with E-state index in [-0.39, 0.29) is 17.5 Å². The van der Waals surface area contributed by atoms with Gasteiger partial charge in [0.05, 0.1) is 43.5 Å². The number of thiophene rings is 1. The molecule has 0 saturated carbocycles. The SMILES string of the molecule is Cc1cc2c3c(c1)N(c1c(C)cc4c(c1C)OCCCO4)c1c(sc4ccc(C(C)(C)C)cc14)B3c1cc3c(cc1N2c1c(C)cc(C(C)(C)C)cc1C)OCCCO3. The topological polar surface area (TPSA) is 43.4 Å². The van der Waals surface area contributed by atoms with Crippen molar-refractivity contribution < 1.29 is 18.9 Å². The van der Waals surface area contributed by atoms with Gasteiger partial charge in [-0.1, -0.05) is 59.7 Å². The van der Waals surface area contributed by atoms with Gasteiger partial charge in [0.15, 0.2) is 23.0 Å². The quantitative estimate of drug-likeness (QED) is 0.162. The highest BCUT2D eigenvalue weighted by molar-refractivity contribution is 7.33. The Labute approximate surface area is 354 Å². The maximum absolute atomic E-state index is 6.54. The molecule has 0 atom stereocenters. The first-order valence-corrected chi connectivity index (χ1v) is 22.2. The molecule has 0 spiro atoms. The molecular formula is C51H55BN2O4S. The number of hydrogen-bond donors (Lipinski definition) is 0. The van der Waals surface area contributed by atoms with Crippen LogP contribution in [0.25, 0.3) is 10.1 Å². The first-order valence-electron chi connectivity index (χ1n) is 21.4. The van der Waals surface area contributed by atoms with Crippen LogP contribution in [0.15, 0.2) is 60.7 Å². The van der Waals surface area contributed by atoms with E-state index in [4.69, 9.17) is 18.9 Å². The molecule has 0 aliphatic carbocycles. The van der Waals surface area contributed by atoms with E-state index in [0.717, 1.165) is 58.3 Å². The van der Waals surface area contributed by atoms with E-state index in [1.165, 1.54) is 76.4 Å². The molecule has 6 aromatic rings. The van der Waals surface area contributed by atoms with Crippen molar-refractivity contribution in [1.82, 2.24) is 0 Å².